The van der Waals surface area contributed by atoms with E-state index in [2.05, 4.69) is 55.5 Å². The largest absolute Gasteiger partial charge is 0.373 e. The predicted octanol–water partition coefficient (Wildman–Crippen LogP) is 4.40. The zero-order chi connectivity index (χ0) is 12.6. The molecule has 0 amide bonds. The molecule has 2 aromatic carbocycles. The third-order valence-corrected chi connectivity index (χ3v) is 3.09. The van der Waals surface area contributed by atoms with E-state index in [1.54, 1.807) is 0 Å². The summed E-state index contributed by atoms with van der Waals surface area (Å²) in [5.74, 6) is 0. The van der Waals surface area contributed by atoms with Crippen molar-refractivity contribution < 1.29 is 4.74 Å². The smallest absolute Gasteiger partial charge is 0.0822 e. The van der Waals surface area contributed by atoms with Crippen LogP contribution in [0.4, 0.5) is 0 Å². The van der Waals surface area contributed by atoms with Crippen LogP contribution in [0.5, 0.6) is 0 Å². The molecule has 1 heteroatoms. The summed E-state index contributed by atoms with van der Waals surface area (Å²) in [6, 6.07) is 20.9. The molecule has 0 spiro atoms. The van der Waals surface area contributed by atoms with Gasteiger partial charge in [0.1, 0.15) is 0 Å². The SMILES string of the molecule is CCC(OCCc1ccccc1)c1ccccc1. The van der Waals surface area contributed by atoms with Crippen molar-refractivity contribution in [3.63, 3.8) is 0 Å². The van der Waals surface area contributed by atoms with Crippen molar-refractivity contribution in [3.8, 4) is 0 Å². The van der Waals surface area contributed by atoms with E-state index in [9.17, 15) is 0 Å². The molecule has 0 aliphatic carbocycles. The van der Waals surface area contributed by atoms with Gasteiger partial charge in [-0.2, -0.15) is 0 Å². The lowest BCUT2D eigenvalue weighted by Gasteiger charge is -2.16. The average Bonchev–Trinajstić information content (AvgIpc) is 2.46. The summed E-state index contributed by atoms with van der Waals surface area (Å²) < 4.78 is 5.98. The topological polar surface area (TPSA) is 9.23 Å². The fourth-order valence-corrected chi connectivity index (χ4v) is 2.08. The normalized spacial score (nSPS) is 12.3. The van der Waals surface area contributed by atoms with Gasteiger partial charge in [0.25, 0.3) is 0 Å². The molecule has 0 N–H and O–H groups in total. The number of rotatable bonds is 6. The number of hydrogen-bond acceptors (Lipinski definition) is 1. The van der Waals surface area contributed by atoms with Gasteiger partial charge in [0.05, 0.1) is 12.7 Å². The third-order valence-electron chi connectivity index (χ3n) is 3.09. The maximum atomic E-state index is 5.98. The van der Waals surface area contributed by atoms with Gasteiger partial charge in [-0.05, 0) is 24.0 Å². The Labute approximate surface area is 109 Å². The van der Waals surface area contributed by atoms with Crippen LogP contribution in [-0.2, 0) is 11.2 Å². The number of ether oxygens (including phenoxy) is 1. The molecule has 0 saturated heterocycles. The van der Waals surface area contributed by atoms with Crippen LogP contribution in [-0.4, -0.2) is 6.61 Å². The first kappa shape index (κ1) is 12.8. The first-order chi connectivity index (χ1) is 8.90. The highest BCUT2D eigenvalue weighted by Gasteiger charge is 2.08. The standard InChI is InChI=1S/C17H20O/c1-2-17(16-11-7-4-8-12-16)18-14-13-15-9-5-3-6-10-15/h3-12,17H,2,13-14H2,1H3. The quantitative estimate of drug-likeness (QED) is 0.727. The fraction of sp³-hybridized carbons (Fsp3) is 0.294. The molecule has 0 radical (unpaired) electrons. The van der Waals surface area contributed by atoms with Gasteiger partial charge in [-0.15, -0.1) is 0 Å². The summed E-state index contributed by atoms with van der Waals surface area (Å²) in [7, 11) is 0. The molecule has 18 heavy (non-hydrogen) atoms. The monoisotopic (exact) mass is 240 g/mol. The molecule has 0 aliphatic heterocycles. The highest BCUT2D eigenvalue weighted by Crippen LogP contribution is 2.20. The van der Waals surface area contributed by atoms with Gasteiger partial charge in [0, 0.05) is 0 Å². The average molecular weight is 240 g/mol. The van der Waals surface area contributed by atoms with Gasteiger partial charge >= 0.3 is 0 Å². The molecule has 0 aromatic heterocycles. The van der Waals surface area contributed by atoms with Crippen LogP contribution in [0, 0.1) is 0 Å². The molecule has 0 fully saturated rings. The van der Waals surface area contributed by atoms with Gasteiger partial charge in [0.2, 0.25) is 0 Å². The summed E-state index contributed by atoms with van der Waals surface area (Å²) >= 11 is 0. The summed E-state index contributed by atoms with van der Waals surface area (Å²) in [4.78, 5) is 0. The highest BCUT2D eigenvalue weighted by atomic mass is 16.5. The Bertz CT molecular complexity index is 436. The second-order valence-electron chi connectivity index (χ2n) is 4.41. The minimum Gasteiger partial charge on any atom is -0.373 e. The minimum absolute atomic E-state index is 0.218. The van der Waals surface area contributed by atoms with Crippen LogP contribution in [0.2, 0.25) is 0 Å². The molecule has 0 saturated carbocycles. The zero-order valence-corrected chi connectivity index (χ0v) is 10.9. The van der Waals surface area contributed by atoms with Crippen LogP contribution in [0.15, 0.2) is 60.7 Å². The van der Waals surface area contributed by atoms with E-state index in [0.717, 1.165) is 19.4 Å². The summed E-state index contributed by atoms with van der Waals surface area (Å²) in [6.07, 6.45) is 2.21. The van der Waals surface area contributed by atoms with Crippen LogP contribution in [0.25, 0.3) is 0 Å². The van der Waals surface area contributed by atoms with Crippen molar-refractivity contribution in [2.75, 3.05) is 6.61 Å². The van der Waals surface area contributed by atoms with Crippen molar-refractivity contribution in [1.29, 1.82) is 0 Å². The van der Waals surface area contributed by atoms with Crippen LogP contribution < -0.4 is 0 Å². The summed E-state index contributed by atoms with van der Waals surface area (Å²) in [5.41, 5.74) is 2.61. The Morgan fingerprint density at radius 3 is 2.11 bits per heavy atom. The third kappa shape index (κ3) is 3.71. The summed E-state index contributed by atoms with van der Waals surface area (Å²) in [6.45, 7) is 2.94. The van der Waals surface area contributed by atoms with Crippen LogP contribution in [0.3, 0.4) is 0 Å². The summed E-state index contributed by atoms with van der Waals surface area (Å²) in [5, 5.41) is 0. The lowest BCUT2D eigenvalue weighted by atomic mass is 10.1. The number of benzene rings is 2. The van der Waals surface area contributed by atoms with Crippen molar-refractivity contribution in [2.24, 2.45) is 0 Å². The Balaban J connectivity index is 1.85. The molecule has 1 nitrogen and oxygen atoms in total. The van der Waals surface area contributed by atoms with E-state index < -0.39 is 0 Å². The first-order valence-electron chi connectivity index (χ1n) is 6.60. The molecule has 0 aliphatic rings. The van der Waals surface area contributed by atoms with Gasteiger partial charge < -0.3 is 4.74 Å². The molecule has 1 unspecified atom stereocenters. The molecule has 0 bridgehead atoms. The Hall–Kier alpha value is -1.60. The maximum absolute atomic E-state index is 5.98. The molecule has 1 atom stereocenters. The predicted molar refractivity (Wildman–Crippen MR) is 75.6 cm³/mol. The van der Waals surface area contributed by atoms with E-state index in [0.29, 0.717) is 0 Å². The van der Waals surface area contributed by atoms with Gasteiger partial charge in [-0.3, -0.25) is 0 Å². The van der Waals surface area contributed by atoms with Crippen molar-refractivity contribution in [2.45, 2.75) is 25.9 Å². The maximum Gasteiger partial charge on any atom is 0.0822 e. The lowest BCUT2D eigenvalue weighted by Crippen LogP contribution is -2.06. The number of hydrogen-bond donors (Lipinski definition) is 0. The van der Waals surface area contributed by atoms with Gasteiger partial charge in [0.15, 0.2) is 0 Å². The highest BCUT2D eigenvalue weighted by molar-refractivity contribution is 5.18. The molecular weight excluding hydrogens is 220 g/mol. The lowest BCUT2D eigenvalue weighted by molar-refractivity contribution is 0.0521. The van der Waals surface area contributed by atoms with Crippen LogP contribution >= 0.6 is 0 Å². The molecule has 2 rings (SSSR count). The van der Waals surface area contributed by atoms with Gasteiger partial charge in [-0.1, -0.05) is 67.6 Å². The van der Waals surface area contributed by atoms with E-state index >= 15 is 0 Å². The van der Waals surface area contributed by atoms with Gasteiger partial charge in [-0.25, -0.2) is 0 Å². The zero-order valence-electron chi connectivity index (χ0n) is 10.9. The second kappa shape index (κ2) is 6.97. The fourth-order valence-electron chi connectivity index (χ4n) is 2.08. The van der Waals surface area contributed by atoms with E-state index in [-0.39, 0.29) is 6.10 Å². The molecular formula is C17H20O. The Morgan fingerprint density at radius 1 is 0.889 bits per heavy atom. The Kier molecular flexibility index (Phi) is 4.98. The van der Waals surface area contributed by atoms with Crippen molar-refractivity contribution >= 4 is 0 Å². The van der Waals surface area contributed by atoms with E-state index in [1.165, 1.54) is 11.1 Å². The molecule has 2 aromatic rings. The second-order valence-corrected chi connectivity index (χ2v) is 4.41. The van der Waals surface area contributed by atoms with E-state index in [1.807, 2.05) is 12.1 Å². The molecule has 94 valence electrons. The van der Waals surface area contributed by atoms with Crippen molar-refractivity contribution in [1.82, 2.24) is 0 Å². The first-order valence-corrected chi connectivity index (χ1v) is 6.60. The van der Waals surface area contributed by atoms with Crippen molar-refractivity contribution in [3.05, 3.63) is 71.8 Å². The minimum atomic E-state index is 0.218. The van der Waals surface area contributed by atoms with Crippen LogP contribution in [0.1, 0.15) is 30.6 Å². The van der Waals surface area contributed by atoms with E-state index in [4.69, 9.17) is 4.74 Å². The Morgan fingerprint density at radius 2 is 1.50 bits per heavy atom. The molecule has 0 heterocycles.